The number of hydrogen-bond acceptors (Lipinski definition) is 7. The number of carboxylic acids is 1. The Hall–Kier alpha value is -3.30. The van der Waals surface area contributed by atoms with Crippen molar-refractivity contribution in [1.29, 1.82) is 0 Å². The van der Waals surface area contributed by atoms with E-state index >= 15 is 0 Å². The Morgan fingerprint density at radius 3 is 2.22 bits per heavy atom. The molecule has 3 amide bonds. The molecule has 0 aliphatic carbocycles. The molecule has 1 aromatic carbocycles. The molecule has 1 aliphatic heterocycles. The number of likely N-dealkylation sites (tertiary alicyclic amines) is 1. The van der Waals surface area contributed by atoms with Crippen LogP contribution in [0.4, 0.5) is 0 Å². The van der Waals surface area contributed by atoms with Gasteiger partial charge in [-0.05, 0) is 18.6 Å². The molecular formula is C17H20N2O8. The van der Waals surface area contributed by atoms with Gasteiger partial charge >= 0.3 is 5.97 Å². The molecule has 0 spiro atoms. The van der Waals surface area contributed by atoms with Crippen LogP contribution in [0.25, 0.3) is 0 Å². The van der Waals surface area contributed by atoms with Gasteiger partial charge in [0.2, 0.25) is 11.7 Å². The van der Waals surface area contributed by atoms with Crippen LogP contribution in [0.1, 0.15) is 23.2 Å². The van der Waals surface area contributed by atoms with Gasteiger partial charge in [0.1, 0.15) is 12.6 Å². The largest absolute Gasteiger partial charge is 0.493 e. The fraction of sp³-hybridized carbons (Fsp3) is 0.412. The molecular weight excluding hydrogens is 360 g/mol. The zero-order valence-corrected chi connectivity index (χ0v) is 15.1. The van der Waals surface area contributed by atoms with Gasteiger partial charge in [-0.2, -0.15) is 0 Å². The molecule has 10 nitrogen and oxygen atoms in total. The normalized spacial score (nSPS) is 16.7. The van der Waals surface area contributed by atoms with Crippen LogP contribution in [-0.2, 0) is 14.4 Å². The van der Waals surface area contributed by atoms with Gasteiger partial charge in [0.05, 0.1) is 21.3 Å². The zero-order valence-electron chi connectivity index (χ0n) is 15.1. The number of carbonyl (C=O) groups excluding carboxylic acids is 3. The van der Waals surface area contributed by atoms with Crippen molar-refractivity contribution in [2.45, 2.75) is 18.9 Å². The van der Waals surface area contributed by atoms with Crippen LogP contribution in [-0.4, -0.2) is 67.6 Å². The summed E-state index contributed by atoms with van der Waals surface area (Å²) in [6.07, 6.45) is 0.0448. The van der Waals surface area contributed by atoms with Crippen LogP contribution < -0.4 is 19.5 Å². The first-order chi connectivity index (χ1) is 12.8. The van der Waals surface area contributed by atoms with Gasteiger partial charge in [-0.15, -0.1) is 0 Å². The van der Waals surface area contributed by atoms with Crippen molar-refractivity contribution in [2.75, 3.05) is 27.9 Å². The Balaban J connectivity index is 2.22. The van der Waals surface area contributed by atoms with Crippen LogP contribution >= 0.6 is 0 Å². The molecule has 1 saturated heterocycles. The van der Waals surface area contributed by atoms with Crippen molar-refractivity contribution in [3.63, 3.8) is 0 Å². The minimum absolute atomic E-state index is 0.0424. The fourth-order valence-corrected chi connectivity index (χ4v) is 2.73. The summed E-state index contributed by atoms with van der Waals surface area (Å²) in [6, 6.07) is 1.84. The number of nitrogens with one attached hydrogen (secondary N) is 1. The maximum Gasteiger partial charge on any atom is 0.323 e. The Bertz CT molecular complexity index is 751. The number of aliphatic carboxylic acids is 1. The smallest absolute Gasteiger partial charge is 0.323 e. The van der Waals surface area contributed by atoms with Crippen molar-refractivity contribution in [3.8, 4) is 17.2 Å². The van der Waals surface area contributed by atoms with Crippen LogP contribution in [0, 0.1) is 0 Å². The first-order valence-corrected chi connectivity index (χ1v) is 7.99. The predicted octanol–water partition coefficient (Wildman–Crippen LogP) is 0.0444. The van der Waals surface area contributed by atoms with E-state index in [0.29, 0.717) is 10.6 Å². The van der Waals surface area contributed by atoms with Crippen LogP contribution in [0.2, 0.25) is 0 Å². The standard InChI is InChI=1S/C17H20N2O8/c1-25-11-6-9(7-12(26-2)15(11)27-3)16(23)18-10-4-5-13(20)19(17(10)24)8-14(21)22/h6-7,10H,4-5,8H2,1-3H3,(H,18,23)(H,21,22)/t10-/m0/s1. The number of amides is 3. The van der Waals surface area contributed by atoms with E-state index in [1.165, 1.54) is 33.5 Å². The lowest BCUT2D eigenvalue weighted by molar-refractivity contribution is -0.156. The van der Waals surface area contributed by atoms with Crippen molar-refractivity contribution in [2.24, 2.45) is 0 Å². The molecule has 0 aromatic heterocycles. The van der Waals surface area contributed by atoms with Crippen LogP contribution in [0.15, 0.2) is 12.1 Å². The van der Waals surface area contributed by atoms with E-state index in [4.69, 9.17) is 19.3 Å². The maximum atomic E-state index is 12.6. The van der Waals surface area contributed by atoms with Gasteiger partial charge in [0.15, 0.2) is 11.5 Å². The Labute approximate surface area is 155 Å². The van der Waals surface area contributed by atoms with Crippen molar-refractivity contribution >= 4 is 23.7 Å². The molecule has 0 unspecified atom stereocenters. The lowest BCUT2D eigenvalue weighted by Crippen LogP contribution is -2.55. The molecule has 10 heteroatoms. The number of carboxylic acid groups (broad SMARTS) is 1. The number of hydrogen-bond donors (Lipinski definition) is 2. The van der Waals surface area contributed by atoms with Crippen molar-refractivity contribution in [3.05, 3.63) is 17.7 Å². The van der Waals surface area contributed by atoms with E-state index in [2.05, 4.69) is 5.32 Å². The minimum Gasteiger partial charge on any atom is -0.493 e. The number of ether oxygens (including phenoxy) is 3. The molecule has 1 aromatic rings. The second-order valence-electron chi connectivity index (χ2n) is 5.69. The highest BCUT2D eigenvalue weighted by atomic mass is 16.5. The second kappa shape index (κ2) is 8.39. The Kier molecular flexibility index (Phi) is 6.22. The molecule has 0 bridgehead atoms. The molecule has 0 radical (unpaired) electrons. The summed E-state index contributed by atoms with van der Waals surface area (Å²) in [6.45, 7) is -0.742. The summed E-state index contributed by atoms with van der Waals surface area (Å²) in [5.74, 6) is -2.41. The summed E-state index contributed by atoms with van der Waals surface area (Å²) < 4.78 is 15.6. The highest BCUT2D eigenvalue weighted by molar-refractivity contribution is 6.05. The molecule has 1 heterocycles. The third-order valence-electron chi connectivity index (χ3n) is 4.04. The molecule has 27 heavy (non-hydrogen) atoms. The first kappa shape index (κ1) is 20.0. The second-order valence-corrected chi connectivity index (χ2v) is 5.69. The highest BCUT2D eigenvalue weighted by Crippen LogP contribution is 2.38. The summed E-state index contributed by atoms with van der Waals surface area (Å²) in [7, 11) is 4.23. The van der Waals surface area contributed by atoms with Gasteiger partial charge in [0.25, 0.3) is 11.8 Å². The molecule has 1 atom stereocenters. The highest BCUT2D eigenvalue weighted by Gasteiger charge is 2.36. The van der Waals surface area contributed by atoms with Gasteiger partial charge < -0.3 is 24.6 Å². The topological polar surface area (TPSA) is 131 Å². The number of benzene rings is 1. The summed E-state index contributed by atoms with van der Waals surface area (Å²) >= 11 is 0. The molecule has 2 rings (SSSR count). The number of methoxy groups -OCH3 is 3. The Morgan fingerprint density at radius 2 is 1.74 bits per heavy atom. The van der Waals surface area contributed by atoms with Crippen LogP contribution in [0.3, 0.4) is 0 Å². The van der Waals surface area contributed by atoms with E-state index in [1.54, 1.807) is 0 Å². The zero-order chi connectivity index (χ0) is 20.1. The molecule has 1 aliphatic rings. The minimum atomic E-state index is -1.31. The lowest BCUT2D eigenvalue weighted by atomic mass is 10.0. The summed E-state index contributed by atoms with van der Waals surface area (Å²) in [5, 5.41) is 11.4. The Morgan fingerprint density at radius 1 is 1.15 bits per heavy atom. The number of carbonyl (C=O) groups is 4. The summed E-state index contributed by atoms with van der Waals surface area (Å²) in [4.78, 5) is 48.1. The van der Waals surface area contributed by atoms with Gasteiger partial charge in [-0.25, -0.2) is 0 Å². The molecule has 0 saturated carbocycles. The van der Waals surface area contributed by atoms with Gasteiger partial charge in [0, 0.05) is 12.0 Å². The average Bonchev–Trinajstić information content (AvgIpc) is 2.65. The van der Waals surface area contributed by atoms with E-state index in [0.717, 1.165) is 0 Å². The van der Waals surface area contributed by atoms with E-state index < -0.39 is 36.3 Å². The molecule has 1 fully saturated rings. The number of nitrogens with zero attached hydrogens (tertiary/aromatic N) is 1. The third kappa shape index (κ3) is 4.27. The molecule has 146 valence electrons. The van der Waals surface area contributed by atoms with E-state index in [-0.39, 0.29) is 29.9 Å². The number of piperidine rings is 1. The fourth-order valence-electron chi connectivity index (χ4n) is 2.73. The van der Waals surface area contributed by atoms with Crippen molar-refractivity contribution < 1.29 is 38.5 Å². The third-order valence-corrected chi connectivity index (χ3v) is 4.04. The quantitative estimate of drug-likeness (QED) is 0.634. The predicted molar refractivity (Wildman–Crippen MR) is 90.9 cm³/mol. The number of rotatable bonds is 7. The lowest BCUT2D eigenvalue weighted by Gasteiger charge is -2.30. The van der Waals surface area contributed by atoms with Gasteiger partial charge in [-0.3, -0.25) is 24.1 Å². The average molecular weight is 380 g/mol. The maximum absolute atomic E-state index is 12.6. The van der Waals surface area contributed by atoms with Crippen LogP contribution in [0.5, 0.6) is 17.2 Å². The molecule has 2 N–H and O–H groups in total. The van der Waals surface area contributed by atoms with E-state index in [9.17, 15) is 19.2 Å². The monoisotopic (exact) mass is 380 g/mol. The number of imide groups is 1. The van der Waals surface area contributed by atoms with E-state index in [1.807, 2.05) is 0 Å². The first-order valence-electron chi connectivity index (χ1n) is 7.99. The SMILES string of the molecule is COc1cc(C(=O)N[C@H]2CCC(=O)N(CC(=O)O)C2=O)cc(OC)c1OC. The summed E-state index contributed by atoms with van der Waals surface area (Å²) in [5.41, 5.74) is 0.152. The van der Waals surface area contributed by atoms with Crippen molar-refractivity contribution in [1.82, 2.24) is 10.2 Å². The van der Waals surface area contributed by atoms with Gasteiger partial charge in [-0.1, -0.05) is 0 Å².